The quantitative estimate of drug-likeness (QED) is 0.150. The van der Waals surface area contributed by atoms with Crippen molar-refractivity contribution in [3.63, 3.8) is 0 Å². The molecule has 9 atom stereocenters. The topological polar surface area (TPSA) is 78.3 Å². The number of carbonyl (C=O) groups is 1. The third-order valence-corrected chi connectivity index (χ3v) is 13.2. The number of benzene rings is 1. The number of unbranched alkanes of at least 4 members (excludes halogenated alkanes) is 1. The summed E-state index contributed by atoms with van der Waals surface area (Å²) in [6.45, 7) is 17.1. The molecule has 4 N–H and O–H groups in total. The van der Waals surface area contributed by atoms with Crippen LogP contribution in [0.2, 0.25) is 0 Å². The van der Waals surface area contributed by atoms with Gasteiger partial charge in [-0.05, 0) is 143 Å². The van der Waals surface area contributed by atoms with Gasteiger partial charge in [0.15, 0.2) is 0 Å². The third-order valence-electron chi connectivity index (χ3n) is 13.2. The van der Waals surface area contributed by atoms with Crippen molar-refractivity contribution in [3.05, 3.63) is 35.4 Å². The molecule has 0 aromatic heterocycles. The average molecular weight is 563 g/mol. The van der Waals surface area contributed by atoms with E-state index < -0.39 is 0 Å². The Hall–Kier alpha value is -1.97. The Morgan fingerprint density at radius 2 is 1.59 bits per heavy atom. The van der Waals surface area contributed by atoms with Crippen molar-refractivity contribution in [2.24, 2.45) is 51.8 Å². The van der Waals surface area contributed by atoms with E-state index in [0.717, 1.165) is 42.4 Å². The molecule has 41 heavy (non-hydrogen) atoms. The molecule has 0 saturated heterocycles. The van der Waals surface area contributed by atoms with Gasteiger partial charge in [0.2, 0.25) is 0 Å². The fourth-order valence-electron chi connectivity index (χ4n) is 11.3. The molecule has 4 fully saturated rings. The highest BCUT2D eigenvalue weighted by Gasteiger charge is 2.63. The van der Waals surface area contributed by atoms with Crippen LogP contribution >= 0.6 is 0 Å². The first-order valence-electron chi connectivity index (χ1n) is 16.8. The molecule has 0 bridgehead atoms. The van der Waals surface area contributed by atoms with Gasteiger partial charge in [-0.3, -0.25) is 0 Å². The minimum Gasteiger partial charge on any atom is -0.458 e. The van der Waals surface area contributed by atoms with Crippen LogP contribution in [0.3, 0.4) is 0 Å². The largest absolute Gasteiger partial charge is 0.458 e. The van der Waals surface area contributed by atoms with Crippen molar-refractivity contribution < 1.29 is 9.53 Å². The van der Waals surface area contributed by atoms with Gasteiger partial charge >= 0.3 is 5.97 Å². The zero-order chi connectivity index (χ0) is 29.7. The number of nitrogens with two attached hydrogens (primary N) is 2. The van der Waals surface area contributed by atoms with E-state index >= 15 is 0 Å². The molecule has 4 heteroatoms. The highest BCUT2D eigenvalue weighted by molar-refractivity contribution is 5.91. The molecule has 1 aromatic rings. The Labute approximate surface area is 250 Å². The van der Waals surface area contributed by atoms with Gasteiger partial charge in [-0.1, -0.05) is 52.7 Å². The van der Waals surface area contributed by atoms with Crippen LogP contribution in [0.4, 0.5) is 11.4 Å². The number of allylic oxidation sites excluding steroid dienone is 2. The van der Waals surface area contributed by atoms with Crippen molar-refractivity contribution >= 4 is 17.3 Å². The molecular formula is C37H58N2O2. The minimum absolute atomic E-state index is 0.0573. The number of rotatable bonds is 7. The summed E-state index contributed by atoms with van der Waals surface area (Å²) in [7, 11) is 0. The molecule has 4 nitrogen and oxygen atoms in total. The Balaban J connectivity index is 1.28. The number of hydrogen-bond acceptors (Lipinski definition) is 4. The van der Waals surface area contributed by atoms with Crippen LogP contribution < -0.4 is 11.5 Å². The van der Waals surface area contributed by atoms with E-state index in [0.29, 0.717) is 33.7 Å². The predicted octanol–water partition coefficient (Wildman–Crippen LogP) is 9.44. The molecule has 0 spiro atoms. The van der Waals surface area contributed by atoms with Gasteiger partial charge < -0.3 is 16.2 Å². The van der Waals surface area contributed by atoms with Crippen molar-refractivity contribution in [1.82, 2.24) is 0 Å². The van der Waals surface area contributed by atoms with Crippen LogP contribution in [0.1, 0.15) is 129 Å². The number of hydrogen-bond donors (Lipinski definition) is 2. The fraction of sp³-hybridized carbons (Fsp3) is 0.757. The lowest BCUT2D eigenvalue weighted by Crippen LogP contribution is -2.59. The van der Waals surface area contributed by atoms with Gasteiger partial charge in [-0.15, -0.1) is 0 Å². The van der Waals surface area contributed by atoms with Gasteiger partial charge in [0.1, 0.15) is 6.10 Å². The lowest BCUT2D eigenvalue weighted by Gasteiger charge is -2.65. The van der Waals surface area contributed by atoms with E-state index in [1.807, 2.05) is 0 Å². The minimum atomic E-state index is -0.292. The number of fused-ring (bicyclic) bond motifs is 5. The van der Waals surface area contributed by atoms with Crippen LogP contribution in [0, 0.1) is 51.8 Å². The summed E-state index contributed by atoms with van der Waals surface area (Å²) >= 11 is 0. The summed E-state index contributed by atoms with van der Waals surface area (Å²) in [5.41, 5.74) is 15.6. The molecule has 4 aliphatic carbocycles. The van der Waals surface area contributed by atoms with E-state index in [1.165, 1.54) is 63.4 Å². The summed E-state index contributed by atoms with van der Waals surface area (Å²) in [5.74, 6) is 4.55. The van der Waals surface area contributed by atoms with Crippen LogP contribution in [0.25, 0.3) is 0 Å². The molecule has 1 aromatic carbocycles. The van der Waals surface area contributed by atoms with E-state index in [-0.39, 0.29) is 17.5 Å². The molecule has 228 valence electrons. The summed E-state index contributed by atoms with van der Waals surface area (Å²) in [6, 6.07) is 5.04. The Kier molecular flexibility index (Phi) is 8.38. The molecular weight excluding hydrogens is 504 g/mol. The second-order valence-corrected chi connectivity index (χ2v) is 16.1. The van der Waals surface area contributed by atoms with Crippen molar-refractivity contribution in [1.29, 1.82) is 0 Å². The monoisotopic (exact) mass is 562 g/mol. The summed E-state index contributed by atoms with van der Waals surface area (Å²) < 4.78 is 6.26. The normalized spacial score (nSPS) is 38.2. The fourth-order valence-corrected chi connectivity index (χ4v) is 11.3. The van der Waals surface area contributed by atoms with Crippen molar-refractivity contribution in [2.75, 3.05) is 11.5 Å². The number of ether oxygens (including phenoxy) is 1. The smallest absolute Gasteiger partial charge is 0.338 e. The number of anilines is 2. The highest BCUT2D eigenvalue weighted by atomic mass is 16.5. The van der Waals surface area contributed by atoms with Gasteiger partial charge in [0, 0.05) is 16.8 Å². The van der Waals surface area contributed by atoms with Crippen molar-refractivity contribution in [2.45, 2.75) is 125 Å². The van der Waals surface area contributed by atoms with Crippen LogP contribution in [-0.4, -0.2) is 12.1 Å². The zero-order valence-corrected chi connectivity index (χ0v) is 27.1. The predicted molar refractivity (Wildman–Crippen MR) is 171 cm³/mol. The van der Waals surface area contributed by atoms with Crippen molar-refractivity contribution in [3.8, 4) is 0 Å². The van der Waals surface area contributed by atoms with Gasteiger partial charge in [-0.25, -0.2) is 4.79 Å². The van der Waals surface area contributed by atoms with E-state index in [2.05, 4.69) is 54.5 Å². The number of carbonyl (C=O) groups excluding carboxylic acids is 1. The van der Waals surface area contributed by atoms with Crippen LogP contribution in [0.5, 0.6) is 0 Å². The molecule has 0 heterocycles. The zero-order valence-electron chi connectivity index (χ0n) is 27.1. The van der Waals surface area contributed by atoms with Gasteiger partial charge in [0.25, 0.3) is 0 Å². The Morgan fingerprint density at radius 1 is 0.927 bits per heavy atom. The van der Waals surface area contributed by atoms with Crippen LogP contribution in [0.15, 0.2) is 29.8 Å². The highest BCUT2D eigenvalue weighted by Crippen LogP contribution is 2.70. The van der Waals surface area contributed by atoms with E-state index in [1.54, 1.807) is 18.2 Å². The maximum atomic E-state index is 13.2. The maximum absolute atomic E-state index is 13.2. The lowest BCUT2D eigenvalue weighted by molar-refractivity contribution is -0.180. The SMILES string of the molecule is CC(C)=CCCCC(C)C1CCC2C3CCC4C(C)(C)C(OC(=O)c5cc(N)cc(N)c5)CCC4(C)C3CCC12C. The number of esters is 1. The standard InChI is InChI=1S/C37H58N2O2/c1-23(2)10-8-9-11-24(3)29-13-14-30-28-12-15-32-35(4,5)33(41-34(40)25-20-26(38)22-27(39)21-25)17-19-37(32,7)31(28)16-18-36(29,30)6/h10,20-22,24,28-33H,8-9,11-19,38-39H2,1-7H3. The maximum Gasteiger partial charge on any atom is 0.338 e. The second kappa shape index (κ2) is 11.3. The first-order chi connectivity index (χ1) is 19.3. The first kappa shape index (κ1) is 30.5. The molecule has 0 radical (unpaired) electrons. The van der Waals surface area contributed by atoms with Gasteiger partial charge in [-0.2, -0.15) is 0 Å². The molecule has 0 aliphatic heterocycles. The molecule has 4 aliphatic rings. The van der Waals surface area contributed by atoms with Gasteiger partial charge in [0.05, 0.1) is 5.56 Å². The number of nitrogen functional groups attached to an aromatic ring is 2. The Morgan fingerprint density at radius 3 is 2.27 bits per heavy atom. The third kappa shape index (κ3) is 5.47. The first-order valence-corrected chi connectivity index (χ1v) is 16.8. The molecule has 4 saturated carbocycles. The summed E-state index contributed by atoms with van der Waals surface area (Å²) in [6.07, 6.45) is 16.7. The van der Waals surface area contributed by atoms with E-state index in [4.69, 9.17) is 16.2 Å². The molecule has 5 rings (SSSR count). The lowest BCUT2D eigenvalue weighted by atomic mass is 9.41. The molecule has 9 unspecified atom stereocenters. The summed E-state index contributed by atoms with van der Waals surface area (Å²) in [5, 5.41) is 0. The Bertz CT molecular complexity index is 1130. The van der Waals surface area contributed by atoms with Crippen LogP contribution in [-0.2, 0) is 4.74 Å². The second-order valence-electron chi connectivity index (χ2n) is 16.1. The van der Waals surface area contributed by atoms with E-state index in [9.17, 15) is 4.79 Å². The average Bonchev–Trinajstić information content (AvgIpc) is 3.25. The summed E-state index contributed by atoms with van der Waals surface area (Å²) in [4.78, 5) is 13.2. The molecule has 0 amide bonds.